The van der Waals surface area contributed by atoms with Crippen LogP contribution in [0.1, 0.15) is 11.3 Å². The summed E-state index contributed by atoms with van der Waals surface area (Å²) in [5.41, 5.74) is 2.45. The van der Waals surface area contributed by atoms with E-state index in [0.29, 0.717) is 10.4 Å². The molecular weight excluding hydrogens is 200 g/mol. The molecule has 14 heavy (non-hydrogen) atoms. The van der Waals surface area contributed by atoms with Crippen LogP contribution in [0.5, 0.6) is 0 Å². The van der Waals surface area contributed by atoms with Gasteiger partial charge in [0.05, 0.1) is 4.90 Å². The van der Waals surface area contributed by atoms with Gasteiger partial charge in [0, 0.05) is 11.1 Å². The van der Waals surface area contributed by atoms with Gasteiger partial charge >= 0.3 is 0 Å². The molecule has 0 radical (unpaired) electrons. The van der Waals surface area contributed by atoms with E-state index in [2.05, 4.69) is 10.2 Å². The summed E-state index contributed by atoms with van der Waals surface area (Å²) in [4.78, 5) is 0.365. The van der Waals surface area contributed by atoms with Crippen LogP contribution in [0.15, 0.2) is 17.0 Å². The molecule has 1 aromatic heterocycles. The summed E-state index contributed by atoms with van der Waals surface area (Å²) in [6.45, 7) is 3.78. The molecule has 0 aliphatic heterocycles. The van der Waals surface area contributed by atoms with Crippen LogP contribution in [0.2, 0.25) is 0 Å². The van der Waals surface area contributed by atoms with Gasteiger partial charge in [0.15, 0.2) is 11.1 Å². The third-order valence-electron chi connectivity index (χ3n) is 2.15. The number of aryl methyl sites for hydroxylation is 2. The number of hydrogen-bond acceptors (Lipinski definition) is 2. The first-order chi connectivity index (χ1) is 6.59. The number of H-pyrrole nitrogens is 1. The minimum atomic E-state index is -1.98. The lowest BCUT2D eigenvalue weighted by molar-refractivity contribution is 0.565. The highest BCUT2D eigenvalue weighted by Crippen LogP contribution is 2.23. The van der Waals surface area contributed by atoms with E-state index in [0.717, 1.165) is 16.6 Å². The second-order valence-electron chi connectivity index (χ2n) is 3.26. The summed E-state index contributed by atoms with van der Waals surface area (Å²) in [7, 11) is 0. The molecule has 0 fully saturated rings. The number of nitrogens with one attached hydrogen (secondary N) is 1. The molecule has 0 spiro atoms. The van der Waals surface area contributed by atoms with Gasteiger partial charge in [-0.15, -0.1) is 0 Å². The molecule has 1 atom stereocenters. The lowest BCUT2D eigenvalue weighted by Gasteiger charge is -1.99. The summed E-state index contributed by atoms with van der Waals surface area (Å²) >= 11 is -1.98. The maximum atomic E-state index is 11.0. The molecule has 74 valence electrons. The van der Waals surface area contributed by atoms with E-state index < -0.39 is 11.1 Å². The number of rotatable bonds is 1. The Bertz CT molecular complexity index is 519. The second-order valence-corrected chi connectivity index (χ2v) is 4.20. The van der Waals surface area contributed by atoms with Crippen molar-refractivity contribution in [2.75, 3.05) is 0 Å². The lowest BCUT2D eigenvalue weighted by Crippen LogP contribution is -1.91. The van der Waals surface area contributed by atoms with Crippen molar-refractivity contribution in [1.29, 1.82) is 0 Å². The molecule has 1 heterocycles. The smallest absolute Gasteiger partial charge is 0.188 e. The van der Waals surface area contributed by atoms with Crippen molar-refractivity contribution in [1.82, 2.24) is 10.2 Å². The Morgan fingerprint density at radius 3 is 2.79 bits per heavy atom. The van der Waals surface area contributed by atoms with Crippen molar-refractivity contribution in [3.05, 3.63) is 23.4 Å². The zero-order valence-electron chi connectivity index (χ0n) is 7.87. The fraction of sp³-hybridized carbons (Fsp3) is 0.222. The van der Waals surface area contributed by atoms with E-state index in [1.807, 2.05) is 19.9 Å². The normalized spacial score (nSPS) is 13.4. The molecule has 2 rings (SSSR count). The average Bonchev–Trinajstić information content (AvgIpc) is 2.47. The molecule has 0 aliphatic carbocycles. The van der Waals surface area contributed by atoms with Crippen LogP contribution in [0.25, 0.3) is 10.9 Å². The molecule has 0 amide bonds. The number of aromatic amines is 1. The molecule has 2 aromatic rings. The third kappa shape index (κ3) is 1.34. The van der Waals surface area contributed by atoms with E-state index in [1.54, 1.807) is 6.07 Å². The molecule has 0 bridgehead atoms. The van der Waals surface area contributed by atoms with Gasteiger partial charge in [0.2, 0.25) is 0 Å². The Morgan fingerprint density at radius 1 is 1.43 bits per heavy atom. The molecule has 2 N–H and O–H groups in total. The van der Waals surface area contributed by atoms with Crippen LogP contribution in [0.4, 0.5) is 0 Å². The zero-order chi connectivity index (χ0) is 10.3. The van der Waals surface area contributed by atoms with E-state index in [-0.39, 0.29) is 0 Å². The van der Waals surface area contributed by atoms with Crippen molar-refractivity contribution in [2.24, 2.45) is 0 Å². The predicted octanol–water partition coefficient (Wildman–Crippen LogP) is 1.76. The minimum Gasteiger partial charge on any atom is -0.302 e. The van der Waals surface area contributed by atoms with Crippen LogP contribution in [0.3, 0.4) is 0 Å². The lowest BCUT2D eigenvalue weighted by atomic mass is 10.1. The fourth-order valence-corrected chi connectivity index (χ4v) is 2.09. The number of nitrogens with zero attached hydrogens (tertiary/aromatic N) is 1. The van der Waals surface area contributed by atoms with Crippen molar-refractivity contribution in [2.45, 2.75) is 18.7 Å². The molecule has 0 aliphatic rings. The van der Waals surface area contributed by atoms with Crippen LogP contribution in [0, 0.1) is 13.8 Å². The van der Waals surface area contributed by atoms with Gasteiger partial charge in [-0.25, -0.2) is 4.21 Å². The Hall–Kier alpha value is -1.20. The van der Waals surface area contributed by atoms with Crippen LogP contribution in [-0.4, -0.2) is 19.0 Å². The van der Waals surface area contributed by atoms with Gasteiger partial charge in [-0.05, 0) is 31.5 Å². The van der Waals surface area contributed by atoms with Gasteiger partial charge in [0.25, 0.3) is 0 Å². The van der Waals surface area contributed by atoms with Crippen molar-refractivity contribution < 1.29 is 8.76 Å². The van der Waals surface area contributed by atoms with E-state index in [9.17, 15) is 4.21 Å². The molecule has 5 heteroatoms. The monoisotopic (exact) mass is 210 g/mol. The van der Waals surface area contributed by atoms with E-state index in [4.69, 9.17) is 4.55 Å². The summed E-state index contributed by atoms with van der Waals surface area (Å²) in [5, 5.41) is 7.71. The summed E-state index contributed by atoms with van der Waals surface area (Å²) < 4.78 is 20.1. The topological polar surface area (TPSA) is 66.0 Å². The Labute approximate surface area is 83.6 Å². The Balaban J connectivity index is 2.88. The molecular formula is C9H10N2O2S. The predicted molar refractivity (Wildman–Crippen MR) is 54.6 cm³/mol. The highest BCUT2D eigenvalue weighted by molar-refractivity contribution is 7.79. The van der Waals surface area contributed by atoms with Crippen LogP contribution < -0.4 is 0 Å². The minimum absolute atomic E-state index is 0.365. The maximum Gasteiger partial charge on any atom is 0.188 e. The molecule has 1 unspecified atom stereocenters. The molecule has 1 aromatic carbocycles. The summed E-state index contributed by atoms with van der Waals surface area (Å²) in [6.07, 6.45) is 0. The van der Waals surface area contributed by atoms with Crippen LogP contribution >= 0.6 is 0 Å². The highest BCUT2D eigenvalue weighted by atomic mass is 32.2. The first-order valence-corrected chi connectivity index (χ1v) is 5.26. The molecule has 0 saturated carbocycles. The van der Waals surface area contributed by atoms with Crippen molar-refractivity contribution >= 4 is 22.0 Å². The number of hydrogen-bond donors (Lipinski definition) is 2. The average molecular weight is 210 g/mol. The van der Waals surface area contributed by atoms with Gasteiger partial charge in [-0.3, -0.25) is 5.10 Å². The van der Waals surface area contributed by atoms with E-state index >= 15 is 0 Å². The van der Waals surface area contributed by atoms with Gasteiger partial charge in [-0.2, -0.15) is 5.10 Å². The SMILES string of the molecule is Cc1cc(S(=O)O)c2n[nH]c(C)c2c1. The fourth-order valence-electron chi connectivity index (χ4n) is 1.48. The quantitative estimate of drug-likeness (QED) is 0.705. The highest BCUT2D eigenvalue weighted by Gasteiger charge is 2.11. The maximum absolute atomic E-state index is 11.0. The second kappa shape index (κ2) is 3.18. The van der Waals surface area contributed by atoms with E-state index in [1.165, 1.54) is 0 Å². The largest absolute Gasteiger partial charge is 0.302 e. The van der Waals surface area contributed by atoms with Gasteiger partial charge in [-0.1, -0.05) is 0 Å². The van der Waals surface area contributed by atoms with Crippen molar-refractivity contribution in [3.8, 4) is 0 Å². The third-order valence-corrected chi connectivity index (χ3v) is 2.83. The molecule has 4 nitrogen and oxygen atoms in total. The Morgan fingerprint density at radius 2 is 2.14 bits per heavy atom. The summed E-state index contributed by atoms with van der Waals surface area (Å²) in [5.74, 6) is 0. The number of benzene rings is 1. The van der Waals surface area contributed by atoms with Gasteiger partial charge < -0.3 is 4.55 Å². The summed E-state index contributed by atoms with van der Waals surface area (Å²) in [6, 6.07) is 3.63. The van der Waals surface area contributed by atoms with Gasteiger partial charge in [0.1, 0.15) is 5.52 Å². The van der Waals surface area contributed by atoms with Crippen molar-refractivity contribution in [3.63, 3.8) is 0 Å². The number of fused-ring (bicyclic) bond motifs is 1. The standard InChI is InChI=1S/C9H10N2O2S/c1-5-3-7-6(2)10-11-9(7)8(4-5)14(12)13/h3-4H,1-2H3,(H,10,11)(H,12,13). The first-order valence-electron chi connectivity index (χ1n) is 4.16. The molecule has 0 saturated heterocycles. The number of aromatic nitrogens is 2. The Kier molecular flexibility index (Phi) is 2.13. The van der Waals surface area contributed by atoms with Crippen LogP contribution in [-0.2, 0) is 11.1 Å². The zero-order valence-corrected chi connectivity index (χ0v) is 8.68. The first kappa shape index (κ1) is 9.36.